The summed E-state index contributed by atoms with van der Waals surface area (Å²) in [5.41, 5.74) is 8.36. The lowest BCUT2D eigenvalue weighted by Gasteiger charge is -2.08. The molecule has 0 saturated heterocycles. The average Bonchev–Trinajstić information content (AvgIpc) is 2.46. The van der Waals surface area contributed by atoms with Crippen molar-refractivity contribution in [1.29, 1.82) is 5.41 Å². The van der Waals surface area contributed by atoms with E-state index in [1.165, 1.54) is 17.8 Å². The Morgan fingerprint density at radius 1 is 1.33 bits per heavy atom. The zero-order chi connectivity index (χ0) is 15.4. The van der Waals surface area contributed by atoms with Crippen molar-refractivity contribution in [3.8, 4) is 0 Å². The van der Waals surface area contributed by atoms with Crippen LogP contribution in [0.25, 0.3) is 0 Å². The monoisotopic (exact) mass is 301 g/mol. The third-order valence-corrected chi connectivity index (χ3v) is 4.21. The first-order valence-electron chi connectivity index (χ1n) is 6.29. The van der Waals surface area contributed by atoms with Crippen LogP contribution in [0, 0.1) is 22.4 Å². The molecule has 0 radical (unpaired) electrons. The van der Waals surface area contributed by atoms with Gasteiger partial charge in [-0.2, -0.15) is 0 Å². The normalized spacial score (nSPS) is 10.3. The van der Waals surface area contributed by atoms with Gasteiger partial charge in [0, 0.05) is 17.4 Å². The molecule has 0 unspecified atom stereocenters. The fourth-order valence-electron chi connectivity index (χ4n) is 1.91. The van der Waals surface area contributed by atoms with Crippen LogP contribution in [0.1, 0.15) is 16.7 Å². The highest BCUT2D eigenvalue weighted by atomic mass is 32.2. The van der Waals surface area contributed by atoms with Gasteiger partial charge in [-0.15, -0.1) is 11.8 Å². The summed E-state index contributed by atoms with van der Waals surface area (Å²) in [5, 5.41) is 18.4. The minimum absolute atomic E-state index is 0.0380. The van der Waals surface area contributed by atoms with Gasteiger partial charge in [0.25, 0.3) is 5.69 Å². The van der Waals surface area contributed by atoms with E-state index >= 15 is 0 Å². The van der Waals surface area contributed by atoms with Crippen LogP contribution in [-0.4, -0.2) is 10.8 Å². The first kappa shape index (κ1) is 15.1. The number of nitro groups is 1. The molecule has 6 heteroatoms. The third-order valence-electron chi connectivity index (χ3n) is 3.10. The minimum atomic E-state index is -0.367. The zero-order valence-corrected chi connectivity index (χ0v) is 12.3. The summed E-state index contributed by atoms with van der Waals surface area (Å²) in [6.45, 7) is 1.95. The van der Waals surface area contributed by atoms with Gasteiger partial charge in [-0.05, 0) is 30.2 Å². The van der Waals surface area contributed by atoms with E-state index in [0.717, 1.165) is 11.1 Å². The maximum absolute atomic E-state index is 11.0. The van der Waals surface area contributed by atoms with Crippen LogP contribution < -0.4 is 5.73 Å². The molecule has 108 valence electrons. The number of nitrogen functional groups attached to an aromatic ring is 1. The molecule has 2 aromatic carbocycles. The van der Waals surface area contributed by atoms with Gasteiger partial charge < -0.3 is 5.73 Å². The number of para-hydroxylation sites is 1. The molecule has 3 N–H and O–H groups in total. The van der Waals surface area contributed by atoms with E-state index in [4.69, 9.17) is 11.1 Å². The largest absolute Gasteiger partial charge is 0.384 e. The van der Waals surface area contributed by atoms with Gasteiger partial charge >= 0.3 is 0 Å². The van der Waals surface area contributed by atoms with E-state index in [2.05, 4.69) is 0 Å². The maximum atomic E-state index is 11.0. The highest BCUT2D eigenvalue weighted by Gasteiger charge is 2.13. The molecular formula is C15H15N3O2S. The van der Waals surface area contributed by atoms with Gasteiger partial charge in [0.15, 0.2) is 0 Å². The molecule has 0 saturated carbocycles. The number of thioether (sulfide) groups is 1. The van der Waals surface area contributed by atoms with E-state index in [-0.39, 0.29) is 16.4 Å². The van der Waals surface area contributed by atoms with Crippen LogP contribution in [0.5, 0.6) is 0 Å². The second-order valence-corrected chi connectivity index (χ2v) is 5.59. The Morgan fingerprint density at radius 2 is 2.05 bits per heavy atom. The number of rotatable bonds is 5. The van der Waals surface area contributed by atoms with Crippen molar-refractivity contribution >= 4 is 23.3 Å². The highest BCUT2D eigenvalue weighted by Crippen LogP contribution is 2.31. The van der Waals surface area contributed by atoms with E-state index in [0.29, 0.717) is 16.2 Å². The van der Waals surface area contributed by atoms with Crippen LogP contribution in [0.4, 0.5) is 5.69 Å². The molecule has 0 aromatic heterocycles. The Bertz CT molecular complexity index is 701. The van der Waals surface area contributed by atoms with Crippen LogP contribution in [0.3, 0.4) is 0 Å². The van der Waals surface area contributed by atoms with Crippen molar-refractivity contribution in [2.45, 2.75) is 17.6 Å². The molecule has 0 aliphatic carbocycles. The average molecular weight is 301 g/mol. The van der Waals surface area contributed by atoms with Gasteiger partial charge in [-0.1, -0.05) is 24.3 Å². The summed E-state index contributed by atoms with van der Waals surface area (Å²) in [6.07, 6.45) is 0. The Hall–Kier alpha value is -2.34. The summed E-state index contributed by atoms with van der Waals surface area (Å²) in [5.74, 6) is 0.672. The molecular weight excluding hydrogens is 286 g/mol. The van der Waals surface area contributed by atoms with E-state index in [9.17, 15) is 10.1 Å². The van der Waals surface area contributed by atoms with Crippen molar-refractivity contribution < 1.29 is 4.92 Å². The summed E-state index contributed by atoms with van der Waals surface area (Å²) in [7, 11) is 0. The molecule has 21 heavy (non-hydrogen) atoms. The van der Waals surface area contributed by atoms with Gasteiger partial charge in [0.1, 0.15) is 5.84 Å². The van der Waals surface area contributed by atoms with Crippen molar-refractivity contribution in [3.63, 3.8) is 0 Å². The van der Waals surface area contributed by atoms with Crippen molar-refractivity contribution in [2.75, 3.05) is 0 Å². The molecule has 0 heterocycles. The van der Waals surface area contributed by atoms with E-state index in [1.807, 2.05) is 19.1 Å². The fraction of sp³-hybridized carbons (Fsp3) is 0.133. The topological polar surface area (TPSA) is 93.0 Å². The van der Waals surface area contributed by atoms with Crippen molar-refractivity contribution in [1.82, 2.24) is 0 Å². The molecule has 0 atom stereocenters. The number of benzene rings is 2. The number of nitrogens with zero attached hydrogens (tertiary/aromatic N) is 1. The van der Waals surface area contributed by atoms with E-state index in [1.54, 1.807) is 24.3 Å². The molecule has 2 rings (SSSR count). The maximum Gasteiger partial charge on any atom is 0.282 e. The molecule has 0 aliphatic rings. The standard InChI is InChI=1S/C15H15N3O2S/c1-10-8-11(15(16)17)6-7-12(10)9-21-14-5-3-2-4-13(14)18(19)20/h2-8H,9H2,1H3,(H3,16,17). The molecule has 2 aromatic rings. The second-order valence-electron chi connectivity index (χ2n) is 4.57. The molecule has 0 amide bonds. The van der Waals surface area contributed by atoms with Crippen molar-refractivity contribution in [3.05, 3.63) is 69.3 Å². The molecule has 0 aliphatic heterocycles. The first-order valence-corrected chi connectivity index (χ1v) is 7.27. The summed E-state index contributed by atoms with van der Waals surface area (Å²) in [4.78, 5) is 11.3. The zero-order valence-electron chi connectivity index (χ0n) is 11.5. The molecule has 0 fully saturated rings. The Morgan fingerprint density at radius 3 is 2.67 bits per heavy atom. The highest BCUT2D eigenvalue weighted by molar-refractivity contribution is 7.98. The van der Waals surface area contributed by atoms with Gasteiger partial charge in [-0.3, -0.25) is 15.5 Å². The second kappa shape index (κ2) is 6.41. The Kier molecular flexibility index (Phi) is 4.59. The number of nitrogens with two attached hydrogens (primary N) is 1. The number of amidine groups is 1. The number of hydrogen-bond acceptors (Lipinski definition) is 4. The van der Waals surface area contributed by atoms with Crippen LogP contribution in [-0.2, 0) is 5.75 Å². The minimum Gasteiger partial charge on any atom is -0.384 e. The SMILES string of the molecule is Cc1cc(C(=N)N)ccc1CSc1ccccc1[N+](=O)[O-]. The lowest BCUT2D eigenvalue weighted by molar-refractivity contribution is -0.387. The first-order chi connectivity index (χ1) is 9.99. The number of aryl methyl sites for hydroxylation is 1. The Labute approximate surface area is 126 Å². The smallest absolute Gasteiger partial charge is 0.282 e. The summed E-state index contributed by atoms with van der Waals surface area (Å²) < 4.78 is 0. The predicted molar refractivity (Wildman–Crippen MR) is 84.9 cm³/mol. The number of nitro benzene ring substituents is 1. The lowest BCUT2D eigenvalue weighted by atomic mass is 10.1. The van der Waals surface area contributed by atoms with Crippen molar-refractivity contribution in [2.24, 2.45) is 5.73 Å². The molecule has 0 spiro atoms. The van der Waals surface area contributed by atoms with Gasteiger partial charge in [0.2, 0.25) is 0 Å². The Balaban J connectivity index is 2.17. The van der Waals surface area contributed by atoms with Crippen LogP contribution in [0.2, 0.25) is 0 Å². The number of hydrogen-bond donors (Lipinski definition) is 2. The predicted octanol–water partition coefficient (Wildman–Crippen LogP) is 3.48. The summed E-state index contributed by atoms with van der Waals surface area (Å²) >= 11 is 1.43. The van der Waals surface area contributed by atoms with E-state index < -0.39 is 0 Å². The third kappa shape index (κ3) is 3.61. The quantitative estimate of drug-likeness (QED) is 0.291. The summed E-state index contributed by atoms with van der Waals surface area (Å²) in [6, 6.07) is 12.3. The van der Waals surface area contributed by atoms with Gasteiger partial charge in [-0.25, -0.2) is 0 Å². The fourth-order valence-corrected chi connectivity index (χ4v) is 3.01. The lowest BCUT2D eigenvalue weighted by Crippen LogP contribution is -2.11. The molecule has 0 bridgehead atoms. The molecule has 5 nitrogen and oxygen atoms in total. The van der Waals surface area contributed by atoms with Gasteiger partial charge in [0.05, 0.1) is 9.82 Å². The van der Waals surface area contributed by atoms with Crippen LogP contribution >= 0.6 is 11.8 Å². The van der Waals surface area contributed by atoms with Crippen LogP contribution in [0.15, 0.2) is 47.4 Å². The number of nitrogens with one attached hydrogen (secondary N) is 1.